The summed E-state index contributed by atoms with van der Waals surface area (Å²) < 4.78 is 1.59. The Hall–Kier alpha value is -2.01. The molecule has 3 rings (SSSR count). The van der Waals surface area contributed by atoms with E-state index in [9.17, 15) is 0 Å². The molecular weight excluding hydrogens is 226 g/mol. The SMILES string of the molecule is Clc1ccc(-c2ccnc3nnnn23)cc1. The van der Waals surface area contributed by atoms with Crippen LogP contribution in [0.1, 0.15) is 0 Å². The van der Waals surface area contributed by atoms with Crippen LogP contribution in [0, 0.1) is 0 Å². The molecule has 2 aromatic heterocycles. The van der Waals surface area contributed by atoms with Gasteiger partial charge in [-0.15, -0.1) is 0 Å². The molecule has 16 heavy (non-hydrogen) atoms. The molecule has 0 unspecified atom stereocenters. The van der Waals surface area contributed by atoms with Crippen molar-refractivity contribution in [2.45, 2.75) is 0 Å². The van der Waals surface area contributed by atoms with Crippen molar-refractivity contribution in [3.05, 3.63) is 41.6 Å². The van der Waals surface area contributed by atoms with Gasteiger partial charge in [0.25, 0.3) is 5.78 Å². The third-order valence-electron chi connectivity index (χ3n) is 2.24. The Morgan fingerprint density at radius 3 is 2.69 bits per heavy atom. The van der Waals surface area contributed by atoms with Gasteiger partial charge in [-0.3, -0.25) is 0 Å². The maximum atomic E-state index is 5.84. The lowest BCUT2D eigenvalue weighted by atomic mass is 10.1. The zero-order valence-corrected chi connectivity index (χ0v) is 8.83. The second-order valence-corrected chi connectivity index (χ2v) is 3.66. The molecule has 0 aliphatic carbocycles. The lowest BCUT2D eigenvalue weighted by molar-refractivity contribution is 0.826. The van der Waals surface area contributed by atoms with Crippen LogP contribution in [0.2, 0.25) is 5.02 Å². The summed E-state index contributed by atoms with van der Waals surface area (Å²) in [7, 11) is 0. The van der Waals surface area contributed by atoms with Gasteiger partial charge in [0.05, 0.1) is 5.69 Å². The minimum Gasteiger partial charge on any atom is -0.218 e. The minimum atomic E-state index is 0.479. The Bertz CT molecular complexity index is 631. The van der Waals surface area contributed by atoms with Crippen molar-refractivity contribution in [3.63, 3.8) is 0 Å². The van der Waals surface area contributed by atoms with Gasteiger partial charge in [-0.25, -0.2) is 4.98 Å². The van der Waals surface area contributed by atoms with Crippen molar-refractivity contribution in [3.8, 4) is 11.3 Å². The average molecular weight is 232 g/mol. The van der Waals surface area contributed by atoms with Gasteiger partial charge in [-0.2, -0.15) is 4.52 Å². The second-order valence-electron chi connectivity index (χ2n) is 3.23. The van der Waals surface area contributed by atoms with E-state index < -0.39 is 0 Å². The molecule has 0 amide bonds. The summed E-state index contributed by atoms with van der Waals surface area (Å²) in [6.07, 6.45) is 1.68. The third kappa shape index (κ3) is 1.42. The highest BCUT2D eigenvalue weighted by molar-refractivity contribution is 6.30. The highest BCUT2D eigenvalue weighted by Crippen LogP contribution is 2.20. The van der Waals surface area contributed by atoms with Crippen molar-refractivity contribution in [2.24, 2.45) is 0 Å². The number of tetrazole rings is 1. The Morgan fingerprint density at radius 1 is 1.06 bits per heavy atom. The lowest BCUT2D eigenvalue weighted by Crippen LogP contribution is -1.95. The second kappa shape index (κ2) is 3.53. The van der Waals surface area contributed by atoms with E-state index in [2.05, 4.69) is 20.5 Å². The predicted molar refractivity (Wildman–Crippen MR) is 59.0 cm³/mol. The van der Waals surface area contributed by atoms with E-state index >= 15 is 0 Å². The van der Waals surface area contributed by atoms with Crippen LogP contribution in [0.3, 0.4) is 0 Å². The fourth-order valence-electron chi connectivity index (χ4n) is 1.50. The van der Waals surface area contributed by atoms with Gasteiger partial charge in [0.2, 0.25) is 0 Å². The molecule has 78 valence electrons. The highest BCUT2D eigenvalue weighted by atomic mass is 35.5. The van der Waals surface area contributed by atoms with Crippen LogP contribution in [-0.4, -0.2) is 25.0 Å². The Balaban J connectivity index is 2.25. The molecule has 0 N–H and O–H groups in total. The lowest BCUT2D eigenvalue weighted by Gasteiger charge is -2.02. The summed E-state index contributed by atoms with van der Waals surface area (Å²) in [5.41, 5.74) is 1.87. The normalized spacial score (nSPS) is 10.8. The number of benzene rings is 1. The van der Waals surface area contributed by atoms with E-state index in [0.29, 0.717) is 10.8 Å². The molecule has 3 aromatic rings. The zero-order chi connectivity index (χ0) is 11.0. The van der Waals surface area contributed by atoms with E-state index in [1.807, 2.05) is 30.3 Å². The number of rotatable bonds is 1. The maximum Gasteiger partial charge on any atom is 0.273 e. The van der Waals surface area contributed by atoms with E-state index in [0.717, 1.165) is 11.3 Å². The van der Waals surface area contributed by atoms with Crippen molar-refractivity contribution in [2.75, 3.05) is 0 Å². The minimum absolute atomic E-state index is 0.479. The van der Waals surface area contributed by atoms with Crippen LogP contribution < -0.4 is 0 Å². The first kappa shape index (κ1) is 9.23. The van der Waals surface area contributed by atoms with Crippen molar-refractivity contribution in [1.29, 1.82) is 0 Å². The first-order chi connectivity index (χ1) is 7.84. The molecule has 0 fully saturated rings. The van der Waals surface area contributed by atoms with E-state index in [1.165, 1.54) is 0 Å². The van der Waals surface area contributed by atoms with E-state index in [1.54, 1.807) is 10.7 Å². The van der Waals surface area contributed by atoms with Gasteiger partial charge in [-0.05, 0) is 28.6 Å². The largest absolute Gasteiger partial charge is 0.273 e. The zero-order valence-electron chi connectivity index (χ0n) is 8.08. The van der Waals surface area contributed by atoms with Crippen LogP contribution in [0.5, 0.6) is 0 Å². The number of hydrogen-bond acceptors (Lipinski definition) is 4. The fraction of sp³-hybridized carbons (Fsp3) is 0. The van der Waals surface area contributed by atoms with E-state index in [4.69, 9.17) is 11.6 Å². The summed E-state index contributed by atoms with van der Waals surface area (Å²) in [4.78, 5) is 4.05. The van der Waals surface area contributed by atoms with Crippen LogP contribution in [0.15, 0.2) is 36.5 Å². The molecule has 1 aromatic carbocycles. The number of aromatic nitrogens is 5. The van der Waals surface area contributed by atoms with Crippen molar-refractivity contribution >= 4 is 17.4 Å². The third-order valence-corrected chi connectivity index (χ3v) is 2.50. The van der Waals surface area contributed by atoms with Gasteiger partial charge in [-0.1, -0.05) is 28.8 Å². The summed E-state index contributed by atoms with van der Waals surface area (Å²) in [6, 6.07) is 9.34. The molecule has 6 heteroatoms. The molecule has 0 saturated carbocycles. The molecule has 0 aliphatic heterocycles. The van der Waals surface area contributed by atoms with Crippen LogP contribution >= 0.6 is 11.6 Å². The van der Waals surface area contributed by atoms with Crippen molar-refractivity contribution < 1.29 is 0 Å². The highest BCUT2D eigenvalue weighted by Gasteiger charge is 2.05. The molecule has 0 aliphatic rings. The van der Waals surface area contributed by atoms with Crippen LogP contribution in [0.25, 0.3) is 17.0 Å². The van der Waals surface area contributed by atoms with Gasteiger partial charge in [0.1, 0.15) is 0 Å². The fourth-order valence-corrected chi connectivity index (χ4v) is 1.63. The molecule has 2 heterocycles. The van der Waals surface area contributed by atoms with Crippen molar-refractivity contribution in [1.82, 2.24) is 25.0 Å². The van der Waals surface area contributed by atoms with Gasteiger partial charge in [0.15, 0.2) is 0 Å². The Kier molecular flexibility index (Phi) is 2.04. The molecule has 0 radical (unpaired) electrons. The maximum absolute atomic E-state index is 5.84. The number of nitrogens with zero attached hydrogens (tertiary/aromatic N) is 5. The number of halogens is 1. The Labute approximate surface area is 95.7 Å². The standard InChI is InChI=1S/C10H6ClN5/c11-8-3-1-7(2-4-8)9-5-6-12-10-13-14-15-16(9)10/h1-6H. The first-order valence-electron chi connectivity index (χ1n) is 4.63. The summed E-state index contributed by atoms with van der Waals surface area (Å²) in [5.74, 6) is 0.479. The molecule has 0 spiro atoms. The smallest absolute Gasteiger partial charge is 0.218 e. The topological polar surface area (TPSA) is 56.0 Å². The Morgan fingerprint density at radius 2 is 1.88 bits per heavy atom. The summed E-state index contributed by atoms with van der Waals surface area (Å²) >= 11 is 5.84. The summed E-state index contributed by atoms with van der Waals surface area (Å²) in [6.45, 7) is 0. The molecule has 5 nitrogen and oxygen atoms in total. The number of fused-ring (bicyclic) bond motifs is 1. The quantitative estimate of drug-likeness (QED) is 0.641. The first-order valence-corrected chi connectivity index (χ1v) is 5.01. The molecule has 0 atom stereocenters. The number of hydrogen-bond donors (Lipinski definition) is 0. The molecular formula is C10H6ClN5. The van der Waals surface area contributed by atoms with Crippen LogP contribution in [-0.2, 0) is 0 Å². The summed E-state index contributed by atoms with van der Waals surface area (Å²) in [5, 5.41) is 11.9. The predicted octanol–water partition coefficient (Wildman–Crippen LogP) is 1.84. The van der Waals surface area contributed by atoms with Gasteiger partial charge in [0, 0.05) is 16.8 Å². The van der Waals surface area contributed by atoms with Gasteiger partial charge >= 0.3 is 0 Å². The monoisotopic (exact) mass is 231 g/mol. The average Bonchev–Trinajstić information content (AvgIpc) is 2.78. The van der Waals surface area contributed by atoms with Crippen LogP contribution in [0.4, 0.5) is 0 Å². The molecule has 0 bridgehead atoms. The van der Waals surface area contributed by atoms with E-state index in [-0.39, 0.29) is 0 Å². The molecule has 0 saturated heterocycles. The van der Waals surface area contributed by atoms with Gasteiger partial charge < -0.3 is 0 Å².